The summed E-state index contributed by atoms with van der Waals surface area (Å²) in [4.78, 5) is 32.7. The molecule has 0 aromatic heterocycles. The van der Waals surface area contributed by atoms with Gasteiger partial charge in [0.25, 0.3) is 0 Å². The lowest BCUT2D eigenvalue weighted by Gasteiger charge is -2.33. The van der Waals surface area contributed by atoms with E-state index in [0.717, 1.165) is 44.6 Å². The molecule has 2 saturated heterocycles. The third-order valence-corrected chi connectivity index (χ3v) is 7.74. The number of nitrogens with one attached hydrogen (secondary N) is 1. The number of carbonyl (C=O) groups is 2. The Morgan fingerprint density at radius 3 is 2.70 bits per heavy atom. The predicted octanol–water partition coefficient (Wildman–Crippen LogP) is 2.74. The van der Waals surface area contributed by atoms with Crippen molar-refractivity contribution in [1.29, 1.82) is 0 Å². The fraction of sp³-hybridized carbons (Fsp3) is 0.481. The molecule has 0 unspecified atom stereocenters. The van der Waals surface area contributed by atoms with E-state index in [1.807, 2.05) is 23.1 Å². The van der Waals surface area contributed by atoms with Crippen LogP contribution in [-0.2, 0) is 22.6 Å². The van der Waals surface area contributed by atoms with Crippen LogP contribution in [0.3, 0.4) is 0 Å². The van der Waals surface area contributed by atoms with Crippen LogP contribution in [-0.4, -0.2) is 66.4 Å². The van der Waals surface area contributed by atoms with Crippen LogP contribution in [0.5, 0.6) is 0 Å². The van der Waals surface area contributed by atoms with Gasteiger partial charge in [-0.1, -0.05) is 48.0 Å². The van der Waals surface area contributed by atoms with Gasteiger partial charge >= 0.3 is 0 Å². The summed E-state index contributed by atoms with van der Waals surface area (Å²) < 4.78 is 0. The SMILES string of the molecule is Cc1ccc(CN2CC[C@@H]3[C@H]2C(=O)NC[C@H](CCC(=O)N2CCc4ccccc42)N3C)cc1. The van der Waals surface area contributed by atoms with E-state index in [2.05, 4.69) is 59.4 Å². The number of hydrogen-bond acceptors (Lipinski definition) is 4. The second-order valence-corrected chi connectivity index (χ2v) is 9.78. The highest BCUT2D eigenvalue weighted by Gasteiger charge is 2.45. The van der Waals surface area contributed by atoms with Crippen LogP contribution in [0.1, 0.15) is 36.0 Å². The molecule has 2 fully saturated rings. The summed E-state index contributed by atoms with van der Waals surface area (Å²) in [5.74, 6) is 0.312. The van der Waals surface area contributed by atoms with Gasteiger partial charge in [0.2, 0.25) is 11.8 Å². The van der Waals surface area contributed by atoms with Gasteiger partial charge in [0.15, 0.2) is 0 Å². The number of benzene rings is 2. The first-order valence-electron chi connectivity index (χ1n) is 12.2. The first-order valence-corrected chi connectivity index (χ1v) is 12.2. The van der Waals surface area contributed by atoms with Crippen LogP contribution in [0.15, 0.2) is 48.5 Å². The third-order valence-electron chi connectivity index (χ3n) is 7.74. The van der Waals surface area contributed by atoms with Gasteiger partial charge in [-0.05, 0) is 50.4 Å². The zero-order valence-electron chi connectivity index (χ0n) is 19.7. The average Bonchev–Trinajstić information content (AvgIpc) is 3.41. The molecule has 6 heteroatoms. The molecule has 5 rings (SSSR count). The number of aryl methyl sites for hydroxylation is 1. The van der Waals surface area contributed by atoms with Crippen molar-refractivity contribution in [2.75, 3.05) is 31.6 Å². The number of fused-ring (bicyclic) bond motifs is 2. The largest absolute Gasteiger partial charge is 0.353 e. The second kappa shape index (κ2) is 9.27. The van der Waals surface area contributed by atoms with Gasteiger partial charge in [-0.2, -0.15) is 0 Å². The van der Waals surface area contributed by atoms with Crippen molar-refractivity contribution in [3.8, 4) is 0 Å². The maximum Gasteiger partial charge on any atom is 0.239 e. The van der Waals surface area contributed by atoms with Gasteiger partial charge in [-0.3, -0.25) is 19.4 Å². The van der Waals surface area contributed by atoms with Crippen molar-refractivity contribution >= 4 is 17.5 Å². The lowest BCUT2D eigenvalue weighted by molar-refractivity contribution is -0.126. The number of para-hydroxylation sites is 1. The molecule has 3 atom stereocenters. The summed E-state index contributed by atoms with van der Waals surface area (Å²) in [7, 11) is 2.13. The standard InChI is InChI=1S/C27H34N4O2/c1-19-7-9-20(10-8-19)18-30-15-14-24-26(30)27(33)28-17-22(29(24)2)11-12-25(32)31-16-13-21-5-3-4-6-23(21)31/h3-10,22,24,26H,11-18H2,1-2H3,(H,28,33)/t22-,24+,26-/m0/s1. The highest BCUT2D eigenvalue weighted by Crippen LogP contribution is 2.30. The lowest BCUT2D eigenvalue weighted by Crippen LogP contribution is -2.49. The third kappa shape index (κ3) is 4.42. The first-order chi connectivity index (χ1) is 16.0. The predicted molar refractivity (Wildman–Crippen MR) is 130 cm³/mol. The molecular weight excluding hydrogens is 412 g/mol. The van der Waals surface area contributed by atoms with Crippen LogP contribution in [0.25, 0.3) is 0 Å². The van der Waals surface area contributed by atoms with E-state index >= 15 is 0 Å². The maximum absolute atomic E-state index is 13.1. The average molecular weight is 447 g/mol. The molecule has 174 valence electrons. The van der Waals surface area contributed by atoms with Crippen LogP contribution < -0.4 is 10.2 Å². The van der Waals surface area contributed by atoms with Gasteiger partial charge < -0.3 is 10.2 Å². The van der Waals surface area contributed by atoms with E-state index in [0.29, 0.717) is 13.0 Å². The molecule has 6 nitrogen and oxygen atoms in total. The molecule has 2 amide bonds. The van der Waals surface area contributed by atoms with Crippen LogP contribution >= 0.6 is 0 Å². The lowest BCUT2D eigenvalue weighted by atomic mass is 10.0. The number of rotatable bonds is 5. The quantitative estimate of drug-likeness (QED) is 0.768. The van der Waals surface area contributed by atoms with E-state index in [4.69, 9.17) is 0 Å². The number of anilines is 1. The van der Waals surface area contributed by atoms with Crippen LogP contribution in [0.2, 0.25) is 0 Å². The monoisotopic (exact) mass is 446 g/mol. The molecule has 0 bridgehead atoms. The number of nitrogens with zero attached hydrogens (tertiary/aromatic N) is 3. The zero-order valence-corrected chi connectivity index (χ0v) is 19.7. The molecule has 0 spiro atoms. The Labute approximate surface area is 196 Å². The van der Waals surface area contributed by atoms with Crippen LogP contribution in [0.4, 0.5) is 5.69 Å². The normalized spacial score (nSPS) is 25.5. The Balaban J connectivity index is 1.22. The van der Waals surface area contributed by atoms with E-state index < -0.39 is 0 Å². The number of carbonyl (C=O) groups excluding carboxylic acids is 2. The summed E-state index contributed by atoms with van der Waals surface area (Å²) >= 11 is 0. The summed E-state index contributed by atoms with van der Waals surface area (Å²) in [6.45, 7) is 5.17. The molecule has 0 radical (unpaired) electrons. The van der Waals surface area contributed by atoms with Gasteiger partial charge in [-0.25, -0.2) is 0 Å². The molecule has 2 aromatic carbocycles. The van der Waals surface area contributed by atoms with Crippen molar-refractivity contribution < 1.29 is 9.59 Å². The van der Waals surface area contributed by atoms with Crippen molar-refractivity contribution in [3.63, 3.8) is 0 Å². The first kappa shape index (κ1) is 22.1. The Kier molecular flexibility index (Phi) is 6.21. The summed E-state index contributed by atoms with van der Waals surface area (Å²) in [6.07, 6.45) is 3.17. The Morgan fingerprint density at radius 1 is 1.09 bits per heavy atom. The van der Waals surface area contributed by atoms with Crippen molar-refractivity contribution in [1.82, 2.24) is 15.1 Å². The van der Waals surface area contributed by atoms with Gasteiger partial charge in [0, 0.05) is 50.4 Å². The van der Waals surface area contributed by atoms with E-state index in [1.54, 1.807) is 0 Å². The minimum atomic E-state index is -0.137. The van der Waals surface area contributed by atoms with Crippen molar-refractivity contribution in [2.45, 2.75) is 57.3 Å². The van der Waals surface area contributed by atoms with Gasteiger partial charge in [0.1, 0.15) is 6.04 Å². The number of likely N-dealkylation sites (tertiary alicyclic amines) is 1. The molecule has 33 heavy (non-hydrogen) atoms. The van der Waals surface area contributed by atoms with Crippen LogP contribution in [0, 0.1) is 6.92 Å². The molecule has 0 aliphatic carbocycles. The summed E-state index contributed by atoms with van der Waals surface area (Å²) in [5.41, 5.74) is 4.81. The Hall–Kier alpha value is -2.70. The zero-order chi connectivity index (χ0) is 22.9. The smallest absolute Gasteiger partial charge is 0.239 e. The van der Waals surface area contributed by atoms with E-state index in [1.165, 1.54) is 16.7 Å². The fourth-order valence-electron chi connectivity index (χ4n) is 5.78. The van der Waals surface area contributed by atoms with E-state index in [9.17, 15) is 9.59 Å². The number of likely N-dealkylation sites (N-methyl/N-ethyl adjacent to an activating group) is 1. The second-order valence-electron chi connectivity index (χ2n) is 9.78. The van der Waals surface area contributed by atoms with Crippen molar-refractivity contribution in [3.05, 3.63) is 65.2 Å². The van der Waals surface area contributed by atoms with Gasteiger partial charge in [-0.15, -0.1) is 0 Å². The molecular formula is C27H34N4O2. The molecule has 0 saturated carbocycles. The molecule has 3 heterocycles. The minimum Gasteiger partial charge on any atom is -0.353 e. The fourth-order valence-corrected chi connectivity index (χ4v) is 5.78. The number of amides is 2. The van der Waals surface area contributed by atoms with Gasteiger partial charge in [0.05, 0.1) is 0 Å². The number of hydrogen-bond donors (Lipinski definition) is 1. The molecule has 1 N–H and O–H groups in total. The maximum atomic E-state index is 13.1. The highest BCUT2D eigenvalue weighted by atomic mass is 16.2. The highest BCUT2D eigenvalue weighted by molar-refractivity contribution is 5.95. The summed E-state index contributed by atoms with van der Waals surface area (Å²) in [5, 5.41) is 3.18. The topological polar surface area (TPSA) is 55.9 Å². The minimum absolute atomic E-state index is 0.124. The Bertz CT molecular complexity index is 1020. The molecule has 3 aliphatic heterocycles. The van der Waals surface area contributed by atoms with Crippen molar-refractivity contribution in [2.24, 2.45) is 0 Å². The Morgan fingerprint density at radius 2 is 1.88 bits per heavy atom. The molecule has 3 aliphatic rings. The summed E-state index contributed by atoms with van der Waals surface area (Å²) in [6, 6.07) is 17.0. The van der Waals surface area contributed by atoms with E-state index in [-0.39, 0.29) is 29.9 Å². The molecule has 2 aromatic rings.